The maximum Gasteiger partial charge on any atom is 0.230 e. The van der Waals surface area contributed by atoms with Crippen molar-refractivity contribution in [3.05, 3.63) is 35.9 Å². The third-order valence-electron chi connectivity index (χ3n) is 3.04. The lowest BCUT2D eigenvalue weighted by Gasteiger charge is -2.33. The van der Waals surface area contributed by atoms with E-state index in [4.69, 9.17) is 0 Å². The normalized spacial score (nSPS) is 12.9. The standard InChI is InChI=1S/C15H23NO/c1-11(2)16(12(3)4)15(17)13(5)14-9-7-6-8-10-14/h6-13H,1-5H3. The summed E-state index contributed by atoms with van der Waals surface area (Å²) in [6, 6.07) is 10.5. The first kappa shape index (κ1) is 13.8. The molecule has 1 amide bonds. The first-order chi connectivity index (χ1) is 7.95. The van der Waals surface area contributed by atoms with Gasteiger partial charge in [0.25, 0.3) is 0 Å². The van der Waals surface area contributed by atoms with Gasteiger partial charge in [0.2, 0.25) is 5.91 Å². The van der Waals surface area contributed by atoms with Gasteiger partial charge in [-0.15, -0.1) is 0 Å². The number of carbonyl (C=O) groups is 1. The maximum absolute atomic E-state index is 12.5. The number of hydrogen-bond donors (Lipinski definition) is 0. The van der Waals surface area contributed by atoms with Crippen LogP contribution in [0.3, 0.4) is 0 Å². The van der Waals surface area contributed by atoms with Crippen molar-refractivity contribution >= 4 is 5.91 Å². The molecule has 1 rings (SSSR count). The molecule has 1 aromatic carbocycles. The topological polar surface area (TPSA) is 20.3 Å². The predicted octanol–water partition coefficient (Wildman–Crippen LogP) is 3.44. The lowest BCUT2D eigenvalue weighted by Crippen LogP contribution is -2.44. The Balaban J connectivity index is 2.89. The van der Waals surface area contributed by atoms with Crippen LogP contribution < -0.4 is 0 Å². The fourth-order valence-electron chi connectivity index (χ4n) is 2.21. The summed E-state index contributed by atoms with van der Waals surface area (Å²) in [5.74, 6) is 0.141. The summed E-state index contributed by atoms with van der Waals surface area (Å²) in [5.41, 5.74) is 1.09. The molecule has 2 heteroatoms. The fourth-order valence-corrected chi connectivity index (χ4v) is 2.21. The molecule has 0 N–H and O–H groups in total. The maximum atomic E-state index is 12.5. The predicted molar refractivity (Wildman–Crippen MR) is 72.0 cm³/mol. The molecule has 0 saturated heterocycles. The lowest BCUT2D eigenvalue weighted by molar-refractivity contribution is -0.136. The van der Waals surface area contributed by atoms with Crippen LogP contribution in [0.2, 0.25) is 0 Å². The highest BCUT2D eigenvalue weighted by Crippen LogP contribution is 2.20. The molecule has 94 valence electrons. The van der Waals surface area contributed by atoms with Gasteiger partial charge in [-0.25, -0.2) is 0 Å². The molecular formula is C15H23NO. The van der Waals surface area contributed by atoms with Crippen molar-refractivity contribution in [1.82, 2.24) is 4.90 Å². The van der Waals surface area contributed by atoms with E-state index in [0.717, 1.165) is 5.56 Å². The minimum Gasteiger partial charge on any atom is -0.337 e. The van der Waals surface area contributed by atoms with Gasteiger partial charge < -0.3 is 4.90 Å². The highest BCUT2D eigenvalue weighted by atomic mass is 16.2. The van der Waals surface area contributed by atoms with E-state index in [-0.39, 0.29) is 23.9 Å². The number of amides is 1. The van der Waals surface area contributed by atoms with E-state index in [1.807, 2.05) is 42.2 Å². The highest BCUT2D eigenvalue weighted by Gasteiger charge is 2.25. The second-order valence-corrected chi connectivity index (χ2v) is 5.07. The van der Waals surface area contributed by atoms with Gasteiger partial charge in [-0.2, -0.15) is 0 Å². The summed E-state index contributed by atoms with van der Waals surface area (Å²) in [4.78, 5) is 14.4. The molecule has 17 heavy (non-hydrogen) atoms. The third kappa shape index (κ3) is 3.32. The van der Waals surface area contributed by atoms with Gasteiger partial charge >= 0.3 is 0 Å². The molecule has 1 aromatic rings. The first-order valence-electron chi connectivity index (χ1n) is 6.32. The van der Waals surface area contributed by atoms with E-state index in [1.165, 1.54) is 0 Å². The van der Waals surface area contributed by atoms with Crippen LogP contribution in [0.1, 0.15) is 46.1 Å². The zero-order chi connectivity index (χ0) is 13.0. The Morgan fingerprint density at radius 3 is 1.82 bits per heavy atom. The molecule has 0 fully saturated rings. The smallest absolute Gasteiger partial charge is 0.230 e. The minimum absolute atomic E-state index is 0.0685. The van der Waals surface area contributed by atoms with Crippen molar-refractivity contribution in [3.8, 4) is 0 Å². The van der Waals surface area contributed by atoms with Crippen LogP contribution in [0.4, 0.5) is 0 Å². The largest absolute Gasteiger partial charge is 0.337 e. The van der Waals surface area contributed by atoms with Gasteiger partial charge in [0.1, 0.15) is 0 Å². The zero-order valence-electron chi connectivity index (χ0n) is 11.5. The van der Waals surface area contributed by atoms with Gasteiger partial charge in [0, 0.05) is 12.1 Å². The van der Waals surface area contributed by atoms with Crippen molar-refractivity contribution in [2.75, 3.05) is 0 Å². The summed E-state index contributed by atoms with van der Waals surface area (Å²) in [6.07, 6.45) is 0. The van der Waals surface area contributed by atoms with E-state index in [2.05, 4.69) is 27.7 Å². The molecule has 0 heterocycles. The van der Waals surface area contributed by atoms with E-state index < -0.39 is 0 Å². The van der Waals surface area contributed by atoms with E-state index in [0.29, 0.717) is 0 Å². The van der Waals surface area contributed by atoms with Crippen LogP contribution >= 0.6 is 0 Å². The number of hydrogen-bond acceptors (Lipinski definition) is 1. The van der Waals surface area contributed by atoms with Gasteiger partial charge in [-0.05, 0) is 40.2 Å². The van der Waals surface area contributed by atoms with Crippen LogP contribution in [0, 0.1) is 0 Å². The molecule has 0 aliphatic rings. The van der Waals surface area contributed by atoms with E-state index in [9.17, 15) is 4.79 Å². The molecule has 0 radical (unpaired) electrons. The molecule has 1 unspecified atom stereocenters. The Morgan fingerprint density at radius 1 is 0.941 bits per heavy atom. The van der Waals surface area contributed by atoms with Crippen LogP contribution in [-0.4, -0.2) is 22.9 Å². The average molecular weight is 233 g/mol. The Kier molecular flexibility index (Phi) is 4.73. The molecule has 1 atom stereocenters. The zero-order valence-corrected chi connectivity index (χ0v) is 11.5. The summed E-state index contributed by atoms with van der Waals surface area (Å²) in [6.45, 7) is 10.2. The third-order valence-corrected chi connectivity index (χ3v) is 3.04. The number of nitrogens with zero attached hydrogens (tertiary/aromatic N) is 1. The molecule has 0 aliphatic carbocycles. The summed E-state index contributed by atoms with van der Waals surface area (Å²) >= 11 is 0. The van der Waals surface area contributed by atoms with Crippen molar-refractivity contribution in [2.45, 2.75) is 52.6 Å². The van der Waals surface area contributed by atoms with Crippen LogP contribution in [0.15, 0.2) is 30.3 Å². The second kappa shape index (κ2) is 5.85. The molecule has 0 spiro atoms. The van der Waals surface area contributed by atoms with Gasteiger partial charge in [0.05, 0.1) is 5.92 Å². The van der Waals surface area contributed by atoms with E-state index in [1.54, 1.807) is 0 Å². The van der Waals surface area contributed by atoms with Gasteiger partial charge in [-0.1, -0.05) is 30.3 Å². The number of benzene rings is 1. The first-order valence-corrected chi connectivity index (χ1v) is 6.32. The van der Waals surface area contributed by atoms with Crippen molar-refractivity contribution in [3.63, 3.8) is 0 Å². The SMILES string of the molecule is CC(C(=O)N(C(C)C)C(C)C)c1ccccc1. The number of rotatable bonds is 4. The van der Waals surface area contributed by atoms with Crippen LogP contribution in [0.5, 0.6) is 0 Å². The van der Waals surface area contributed by atoms with Crippen LogP contribution in [-0.2, 0) is 4.79 Å². The summed E-state index contributed by atoms with van der Waals surface area (Å²) in [5, 5.41) is 0. The summed E-state index contributed by atoms with van der Waals surface area (Å²) < 4.78 is 0. The molecule has 0 aromatic heterocycles. The molecule has 0 bridgehead atoms. The fraction of sp³-hybridized carbons (Fsp3) is 0.533. The summed E-state index contributed by atoms with van der Waals surface area (Å²) in [7, 11) is 0. The Labute approximate surface area is 105 Å². The van der Waals surface area contributed by atoms with Crippen LogP contribution in [0.25, 0.3) is 0 Å². The van der Waals surface area contributed by atoms with Crippen molar-refractivity contribution in [2.24, 2.45) is 0 Å². The molecular weight excluding hydrogens is 210 g/mol. The lowest BCUT2D eigenvalue weighted by atomic mass is 9.98. The Morgan fingerprint density at radius 2 is 1.41 bits per heavy atom. The van der Waals surface area contributed by atoms with Gasteiger partial charge in [-0.3, -0.25) is 4.79 Å². The minimum atomic E-state index is -0.0685. The van der Waals surface area contributed by atoms with Crippen molar-refractivity contribution in [1.29, 1.82) is 0 Å². The van der Waals surface area contributed by atoms with Gasteiger partial charge in [0.15, 0.2) is 0 Å². The van der Waals surface area contributed by atoms with E-state index >= 15 is 0 Å². The second-order valence-electron chi connectivity index (χ2n) is 5.07. The average Bonchev–Trinajstić information content (AvgIpc) is 2.28. The quantitative estimate of drug-likeness (QED) is 0.780. The molecule has 2 nitrogen and oxygen atoms in total. The Hall–Kier alpha value is -1.31. The Bertz CT molecular complexity index is 348. The monoisotopic (exact) mass is 233 g/mol. The highest BCUT2D eigenvalue weighted by molar-refractivity contribution is 5.83. The van der Waals surface area contributed by atoms with Crippen molar-refractivity contribution < 1.29 is 4.79 Å². The molecule has 0 aliphatic heterocycles. The molecule has 0 saturated carbocycles. The number of carbonyl (C=O) groups excluding carboxylic acids is 1.